The summed E-state index contributed by atoms with van der Waals surface area (Å²) >= 11 is 0. The number of hydrogen-bond acceptors (Lipinski definition) is 3. The summed E-state index contributed by atoms with van der Waals surface area (Å²) < 4.78 is 0. The van der Waals surface area contributed by atoms with Crippen LogP contribution in [0, 0.1) is 6.92 Å². The van der Waals surface area contributed by atoms with Crippen molar-refractivity contribution in [2.24, 2.45) is 4.99 Å². The molecule has 2 aromatic carbocycles. The molecule has 0 aliphatic carbocycles. The smallest absolute Gasteiger partial charge is 0.191 e. The Balaban J connectivity index is 1.32. The molecule has 0 saturated carbocycles. The van der Waals surface area contributed by atoms with Crippen molar-refractivity contribution in [3.63, 3.8) is 0 Å². The Morgan fingerprint density at radius 2 is 1.79 bits per heavy atom. The second kappa shape index (κ2) is 8.95. The van der Waals surface area contributed by atoms with Crippen molar-refractivity contribution in [2.75, 3.05) is 25.0 Å². The van der Waals surface area contributed by atoms with Crippen LogP contribution in [0.25, 0.3) is 10.8 Å². The van der Waals surface area contributed by atoms with Crippen LogP contribution in [0.4, 0.5) is 5.82 Å². The SMILES string of the molecule is CN=C(NCc1cccc2ccccc12)NC1CCN(c2cccc(C)n2)CC1. The molecule has 2 N–H and O–H groups in total. The Bertz CT molecular complexity index is 984. The van der Waals surface area contributed by atoms with E-state index in [9.17, 15) is 0 Å². The quantitative estimate of drug-likeness (QED) is 0.527. The van der Waals surface area contributed by atoms with E-state index in [1.807, 2.05) is 20.0 Å². The van der Waals surface area contributed by atoms with Crippen LogP contribution in [0.2, 0.25) is 0 Å². The molecule has 0 spiro atoms. The van der Waals surface area contributed by atoms with Gasteiger partial charge in [-0.2, -0.15) is 0 Å². The van der Waals surface area contributed by atoms with E-state index < -0.39 is 0 Å². The summed E-state index contributed by atoms with van der Waals surface area (Å²) in [5.74, 6) is 1.95. The number of anilines is 1. The first-order valence-electron chi connectivity index (χ1n) is 10.4. The molecule has 1 aliphatic rings. The lowest BCUT2D eigenvalue weighted by Gasteiger charge is -2.34. The van der Waals surface area contributed by atoms with Gasteiger partial charge in [0, 0.05) is 38.4 Å². The van der Waals surface area contributed by atoms with Gasteiger partial charge in [-0.15, -0.1) is 0 Å². The van der Waals surface area contributed by atoms with Gasteiger partial charge in [0.25, 0.3) is 0 Å². The highest BCUT2D eigenvalue weighted by atomic mass is 15.2. The summed E-state index contributed by atoms with van der Waals surface area (Å²) in [6.07, 6.45) is 2.15. The van der Waals surface area contributed by atoms with Crippen molar-refractivity contribution in [1.29, 1.82) is 0 Å². The van der Waals surface area contributed by atoms with Gasteiger partial charge in [-0.25, -0.2) is 4.98 Å². The van der Waals surface area contributed by atoms with E-state index in [-0.39, 0.29) is 0 Å². The van der Waals surface area contributed by atoms with Gasteiger partial charge in [0.1, 0.15) is 5.82 Å². The minimum absolute atomic E-state index is 0.426. The molecule has 0 bridgehead atoms. The molecule has 1 fully saturated rings. The van der Waals surface area contributed by atoms with Gasteiger partial charge in [0.15, 0.2) is 5.96 Å². The standard InChI is InChI=1S/C24H29N5/c1-18-7-5-12-23(27-18)29-15-13-21(14-16-29)28-24(25-2)26-17-20-10-6-9-19-8-3-4-11-22(19)20/h3-12,21H,13-17H2,1-2H3,(H2,25,26,28). The Hall–Kier alpha value is -3.08. The van der Waals surface area contributed by atoms with Gasteiger partial charge in [0.05, 0.1) is 0 Å². The largest absolute Gasteiger partial charge is 0.356 e. The highest BCUT2D eigenvalue weighted by Crippen LogP contribution is 2.19. The average Bonchev–Trinajstić information content (AvgIpc) is 2.77. The number of nitrogens with one attached hydrogen (secondary N) is 2. The molecule has 1 aliphatic heterocycles. The molecule has 4 rings (SSSR count). The first-order valence-corrected chi connectivity index (χ1v) is 10.4. The van der Waals surface area contributed by atoms with E-state index in [4.69, 9.17) is 0 Å². The summed E-state index contributed by atoms with van der Waals surface area (Å²) in [6.45, 7) is 4.82. The van der Waals surface area contributed by atoms with Crippen molar-refractivity contribution in [2.45, 2.75) is 32.4 Å². The second-order valence-corrected chi connectivity index (χ2v) is 7.61. The Morgan fingerprint density at radius 1 is 1.03 bits per heavy atom. The van der Waals surface area contributed by atoms with Crippen molar-refractivity contribution in [3.05, 3.63) is 71.9 Å². The van der Waals surface area contributed by atoms with Gasteiger partial charge in [-0.3, -0.25) is 4.99 Å². The fraction of sp³-hybridized carbons (Fsp3) is 0.333. The number of aryl methyl sites for hydroxylation is 1. The molecule has 0 radical (unpaired) electrons. The fourth-order valence-electron chi connectivity index (χ4n) is 3.97. The molecule has 0 amide bonds. The second-order valence-electron chi connectivity index (χ2n) is 7.61. The molecule has 29 heavy (non-hydrogen) atoms. The first-order chi connectivity index (χ1) is 14.2. The third-order valence-electron chi connectivity index (χ3n) is 5.58. The summed E-state index contributed by atoms with van der Waals surface area (Å²) in [7, 11) is 1.84. The molecule has 0 atom stereocenters. The van der Waals surface area contributed by atoms with Crippen molar-refractivity contribution in [1.82, 2.24) is 15.6 Å². The molecule has 150 valence electrons. The number of hydrogen-bond donors (Lipinski definition) is 2. The van der Waals surface area contributed by atoms with Gasteiger partial charge < -0.3 is 15.5 Å². The Kier molecular flexibility index (Phi) is 5.94. The Labute approximate surface area is 172 Å². The number of piperidine rings is 1. The zero-order chi connectivity index (χ0) is 20.1. The minimum Gasteiger partial charge on any atom is -0.356 e. The zero-order valence-electron chi connectivity index (χ0n) is 17.2. The third kappa shape index (κ3) is 4.67. The van der Waals surface area contributed by atoms with Crippen molar-refractivity contribution >= 4 is 22.5 Å². The number of benzene rings is 2. The van der Waals surface area contributed by atoms with Crippen LogP contribution in [0.3, 0.4) is 0 Å². The molecule has 0 unspecified atom stereocenters. The normalized spacial score (nSPS) is 15.5. The lowest BCUT2D eigenvalue weighted by atomic mass is 10.0. The predicted octanol–water partition coefficient (Wildman–Crippen LogP) is 3.88. The van der Waals surface area contributed by atoms with Crippen LogP contribution in [0.15, 0.2) is 65.7 Å². The fourth-order valence-corrected chi connectivity index (χ4v) is 3.97. The lowest BCUT2D eigenvalue weighted by molar-refractivity contribution is 0.459. The number of aromatic nitrogens is 1. The van der Waals surface area contributed by atoms with Crippen LogP contribution >= 0.6 is 0 Å². The maximum absolute atomic E-state index is 4.66. The van der Waals surface area contributed by atoms with Gasteiger partial charge >= 0.3 is 0 Å². The third-order valence-corrected chi connectivity index (χ3v) is 5.58. The van der Waals surface area contributed by atoms with E-state index in [0.29, 0.717) is 6.04 Å². The average molecular weight is 388 g/mol. The molecule has 3 aromatic rings. The summed E-state index contributed by atoms with van der Waals surface area (Å²) in [4.78, 5) is 11.5. The molecule has 2 heterocycles. The number of fused-ring (bicyclic) bond motifs is 1. The van der Waals surface area contributed by atoms with Gasteiger partial charge in [-0.1, -0.05) is 48.5 Å². The summed E-state index contributed by atoms with van der Waals surface area (Å²) in [5, 5.41) is 9.65. The minimum atomic E-state index is 0.426. The zero-order valence-corrected chi connectivity index (χ0v) is 17.2. The van der Waals surface area contributed by atoms with Crippen molar-refractivity contribution in [3.8, 4) is 0 Å². The van der Waals surface area contributed by atoms with E-state index in [1.54, 1.807) is 0 Å². The van der Waals surface area contributed by atoms with E-state index in [0.717, 1.165) is 49.9 Å². The van der Waals surface area contributed by atoms with Crippen molar-refractivity contribution < 1.29 is 0 Å². The molecule has 1 aromatic heterocycles. The molecular formula is C24H29N5. The van der Waals surface area contributed by atoms with Crippen LogP contribution in [0.1, 0.15) is 24.1 Å². The molecule has 5 nitrogen and oxygen atoms in total. The van der Waals surface area contributed by atoms with E-state index in [2.05, 4.69) is 80.1 Å². The lowest BCUT2D eigenvalue weighted by Crippen LogP contribution is -2.48. The predicted molar refractivity (Wildman–Crippen MR) is 121 cm³/mol. The number of rotatable bonds is 4. The highest BCUT2D eigenvalue weighted by molar-refractivity contribution is 5.86. The molecular weight excluding hydrogens is 358 g/mol. The maximum atomic E-state index is 4.66. The Morgan fingerprint density at radius 3 is 2.59 bits per heavy atom. The van der Waals surface area contributed by atoms with Gasteiger partial charge in [-0.05, 0) is 48.2 Å². The van der Waals surface area contributed by atoms with Gasteiger partial charge in [0.2, 0.25) is 0 Å². The topological polar surface area (TPSA) is 52.6 Å². The monoisotopic (exact) mass is 387 g/mol. The van der Waals surface area contributed by atoms with Crippen LogP contribution in [-0.2, 0) is 6.54 Å². The number of guanidine groups is 1. The summed E-state index contributed by atoms with van der Waals surface area (Å²) in [6, 6.07) is 21.6. The van der Waals surface area contributed by atoms with Crippen LogP contribution in [0.5, 0.6) is 0 Å². The molecule has 5 heteroatoms. The van der Waals surface area contributed by atoms with Crippen LogP contribution < -0.4 is 15.5 Å². The van der Waals surface area contributed by atoms with E-state index >= 15 is 0 Å². The highest BCUT2D eigenvalue weighted by Gasteiger charge is 2.21. The maximum Gasteiger partial charge on any atom is 0.191 e. The number of pyridine rings is 1. The summed E-state index contributed by atoms with van der Waals surface area (Å²) in [5.41, 5.74) is 2.35. The number of nitrogens with zero attached hydrogens (tertiary/aromatic N) is 3. The van der Waals surface area contributed by atoms with E-state index in [1.165, 1.54) is 16.3 Å². The first kappa shape index (κ1) is 19.2. The van der Waals surface area contributed by atoms with Crippen LogP contribution in [-0.4, -0.2) is 37.1 Å². The molecule has 1 saturated heterocycles. The number of aliphatic imine (C=N–C) groups is 1.